The molecule has 2 aromatic rings. The summed E-state index contributed by atoms with van der Waals surface area (Å²) in [5, 5.41) is 2.75. The molecule has 4 nitrogen and oxygen atoms in total. The van der Waals surface area contributed by atoms with Crippen LogP contribution in [0.5, 0.6) is 0 Å². The standard InChI is InChI=1S/C17H15NO3/c19-16-15(13-9-5-2-6-10-13)21-17(20)14(18-16)11-12-7-3-1-4-8-12/h1-10,14-15H,11H2,(H,18,19)/t14-,15-/m0/s1. The second-order valence-electron chi connectivity index (χ2n) is 4.98. The molecular weight excluding hydrogens is 266 g/mol. The van der Waals surface area contributed by atoms with Crippen LogP contribution in [0.15, 0.2) is 60.7 Å². The first-order valence-electron chi connectivity index (χ1n) is 6.84. The highest BCUT2D eigenvalue weighted by atomic mass is 16.6. The number of benzene rings is 2. The summed E-state index contributed by atoms with van der Waals surface area (Å²) < 4.78 is 5.32. The molecule has 1 fully saturated rings. The molecule has 1 aliphatic heterocycles. The van der Waals surface area contributed by atoms with E-state index in [0.717, 1.165) is 5.56 Å². The van der Waals surface area contributed by atoms with Crippen LogP contribution >= 0.6 is 0 Å². The zero-order valence-corrected chi connectivity index (χ0v) is 11.4. The van der Waals surface area contributed by atoms with Gasteiger partial charge in [-0.15, -0.1) is 0 Å². The van der Waals surface area contributed by atoms with Crippen LogP contribution in [0.1, 0.15) is 17.2 Å². The Bertz CT molecular complexity index is 640. The van der Waals surface area contributed by atoms with Gasteiger partial charge in [-0.05, 0) is 5.56 Å². The van der Waals surface area contributed by atoms with Crippen molar-refractivity contribution in [2.75, 3.05) is 0 Å². The molecule has 0 aliphatic carbocycles. The number of esters is 1. The lowest BCUT2D eigenvalue weighted by Gasteiger charge is -2.28. The van der Waals surface area contributed by atoms with Gasteiger partial charge in [-0.2, -0.15) is 0 Å². The lowest BCUT2D eigenvalue weighted by Crippen LogP contribution is -2.51. The van der Waals surface area contributed by atoms with Crippen molar-refractivity contribution in [3.8, 4) is 0 Å². The maximum Gasteiger partial charge on any atom is 0.330 e. The van der Waals surface area contributed by atoms with Crippen LogP contribution in [0, 0.1) is 0 Å². The van der Waals surface area contributed by atoms with E-state index in [0.29, 0.717) is 12.0 Å². The predicted octanol–water partition coefficient (Wildman–Crippen LogP) is 2.01. The summed E-state index contributed by atoms with van der Waals surface area (Å²) in [7, 11) is 0. The minimum atomic E-state index is -0.856. The second-order valence-corrected chi connectivity index (χ2v) is 4.98. The summed E-state index contributed by atoms with van der Waals surface area (Å²) in [4.78, 5) is 24.2. The summed E-state index contributed by atoms with van der Waals surface area (Å²) in [6.45, 7) is 0. The summed E-state index contributed by atoms with van der Waals surface area (Å²) in [5.74, 6) is -0.672. The van der Waals surface area contributed by atoms with E-state index in [1.54, 1.807) is 12.1 Å². The van der Waals surface area contributed by atoms with Crippen LogP contribution in [-0.4, -0.2) is 17.9 Å². The van der Waals surface area contributed by atoms with Crippen molar-refractivity contribution in [3.63, 3.8) is 0 Å². The lowest BCUT2D eigenvalue weighted by atomic mass is 10.0. The minimum Gasteiger partial charge on any atom is -0.446 e. The van der Waals surface area contributed by atoms with E-state index in [4.69, 9.17) is 4.74 Å². The summed E-state index contributed by atoms with van der Waals surface area (Å²) in [6, 6.07) is 17.9. The number of amides is 1. The Balaban J connectivity index is 1.73. The Morgan fingerprint density at radius 2 is 1.52 bits per heavy atom. The van der Waals surface area contributed by atoms with E-state index in [1.807, 2.05) is 48.5 Å². The van der Waals surface area contributed by atoms with Crippen LogP contribution in [0.3, 0.4) is 0 Å². The normalized spacial score (nSPS) is 21.5. The molecule has 1 saturated heterocycles. The molecule has 21 heavy (non-hydrogen) atoms. The van der Waals surface area contributed by atoms with Gasteiger partial charge in [-0.25, -0.2) is 4.79 Å². The first kappa shape index (κ1) is 13.4. The molecule has 2 aromatic carbocycles. The average molecular weight is 281 g/mol. The second kappa shape index (κ2) is 5.79. The highest BCUT2D eigenvalue weighted by molar-refractivity contribution is 5.93. The van der Waals surface area contributed by atoms with Gasteiger partial charge >= 0.3 is 5.97 Å². The molecule has 2 atom stereocenters. The van der Waals surface area contributed by atoms with Crippen LogP contribution < -0.4 is 5.32 Å². The minimum absolute atomic E-state index is 0.276. The van der Waals surface area contributed by atoms with Gasteiger partial charge in [0.1, 0.15) is 6.04 Å². The highest BCUT2D eigenvalue weighted by Gasteiger charge is 2.36. The van der Waals surface area contributed by atoms with Crippen LogP contribution in [0.25, 0.3) is 0 Å². The summed E-state index contributed by atoms with van der Waals surface area (Å²) in [6.07, 6.45) is -0.418. The zero-order valence-electron chi connectivity index (χ0n) is 11.4. The van der Waals surface area contributed by atoms with Crippen molar-refractivity contribution < 1.29 is 14.3 Å². The number of nitrogens with one attached hydrogen (secondary N) is 1. The number of hydrogen-bond acceptors (Lipinski definition) is 3. The predicted molar refractivity (Wildman–Crippen MR) is 77.4 cm³/mol. The lowest BCUT2D eigenvalue weighted by molar-refractivity contribution is -0.166. The molecule has 0 radical (unpaired) electrons. The van der Waals surface area contributed by atoms with Crippen molar-refractivity contribution in [2.45, 2.75) is 18.6 Å². The summed E-state index contributed by atoms with van der Waals surface area (Å²) >= 11 is 0. The third kappa shape index (κ3) is 2.94. The first-order chi connectivity index (χ1) is 10.2. The van der Waals surface area contributed by atoms with Gasteiger partial charge < -0.3 is 10.1 Å². The van der Waals surface area contributed by atoms with Crippen LogP contribution in [0.4, 0.5) is 0 Å². The van der Waals surface area contributed by atoms with Gasteiger partial charge in [0.15, 0.2) is 0 Å². The van der Waals surface area contributed by atoms with Gasteiger partial charge in [-0.1, -0.05) is 60.7 Å². The van der Waals surface area contributed by atoms with Crippen molar-refractivity contribution in [1.82, 2.24) is 5.32 Å². The largest absolute Gasteiger partial charge is 0.446 e. The zero-order chi connectivity index (χ0) is 14.7. The molecule has 1 amide bonds. The van der Waals surface area contributed by atoms with Gasteiger partial charge in [-0.3, -0.25) is 4.79 Å². The Kier molecular flexibility index (Phi) is 3.69. The third-order valence-corrected chi connectivity index (χ3v) is 3.46. The number of cyclic esters (lactones) is 1. The molecule has 0 bridgehead atoms. The first-order valence-corrected chi connectivity index (χ1v) is 6.84. The highest BCUT2D eigenvalue weighted by Crippen LogP contribution is 2.22. The number of hydrogen-bond donors (Lipinski definition) is 1. The van der Waals surface area contributed by atoms with Gasteiger partial charge in [0, 0.05) is 12.0 Å². The molecule has 1 N–H and O–H groups in total. The fourth-order valence-electron chi connectivity index (χ4n) is 2.39. The molecule has 0 aromatic heterocycles. The Morgan fingerprint density at radius 3 is 2.19 bits per heavy atom. The molecule has 0 unspecified atom stereocenters. The van der Waals surface area contributed by atoms with Crippen molar-refractivity contribution in [3.05, 3.63) is 71.8 Å². The Morgan fingerprint density at radius 1 is 0.905 bits per heavy atom. The maximum atomic E-state index is 12.2. The number of rotatable bonds is 3. The van der Waals surface area contributed by atoms with Crippen LogP contribution in [-0.2, 0) is 20.7 Å². The molecule has 0 saturated carbocycles. The summed E-state index contributed by atoms with van der Waals surface area (Å²) in [5.41, 5.74) is 1.67. The van der Waals surface area contributed by atoms with E-state index in [2.05, 4.69) is 5.32 Å². The SMILES string of the molecule is O=C1O[C@@H](c2ccccc2)C(=O)N[C@H]1Cc1ccccc1. The van der Waals surface area contributed by atoms with E-state index in [1.165, 1.54) is 0 Å². The van der Waals surface area contributed by atoms with E-state index >= 15 is 0 Å². The van der Waals surface area contributed by atoms with Crippen molar-refractivity contribution >= 4 is 11.9 Å². The number of carbonyl (C=O) groups excluding carboxylic acids is 2. The van der Waals surface area contributed by atoms with E-state index in [-0.39, 0.29) is 5.91 Å². The maximum absolute atomic E-state index is 12.2. The Labute approximate surface area is 122 Å². The number of morpholine rings is 1. The average Bonchev–Trinajstić information content (AvgIpc) is 2.52. The fraction of sp³-hybridized carbons (Fsp3) is 0.176. The molecule has 0 spiro atoms. The molecule has 3 rings (SSSR count). The third-order valence-electron chi connectivity index (χ3n) is 3.46. The van der Waals surface area contributed by atoms with E-state index in [9.17, 15) is 9.59 Å². The fourth-order valence-corrected chi connectivity index (χ4v) is 2.39. The number of ether oxygens (including phenoxy) is 1. The molecule has 106 valence electrons. The smallest absolute Gasteiger partial charge is 0.330 e. The van der Waals surface area contributed by atoms with Crippen LogP contribution in [0.2, 0.25) is 0 Å². The molecular formula is C17H15NO3. The van der Waals surface area contributed by atoms with Gasteiger partial charge in [0.25, 0.3) is 5.91 Å². The molecule has 4 heteroatoms. The van der Waals surface area contributed by atoms with E-state index < -0.39 is 18.1 Å². The molecule has 1 heterocycles. The van der Waals surface area contributed by atoms with Crippen molar-refractivity contribution in [2.24, 2.45) is 0 Å². The van der Waals surface area contributed by atoms with Crippen molar-refractivity contribution in [1.29, 1.82) is 0 Å². The van der Waals surface area contributed by atoms with Gasteiger partial charge in [0.05, 0.1) is 0 Å². The quantitative estimate of drug-likeness (QED) is 0.876. The Hall–Kier alpha value is -2.62. The molecule has 1 aliphatic rings. The monoisotopic (exact) mass is 281 g/mol. The number of carbonyl (C=O) groups is 2. The topological polar surface area (TPSA) is 55.4 Å². The van der Waals surface area contributed by atoms with Gasteiger partial charge in [0.2, 0.25) is 6.10 Å².